The molecule has 1 heterocycles. The highest BCUT2D eigenvalue weighted by molar-refractivity contribution is 6.01. The van der Waals surface area contributed by atoms with Gasteiger partial charge in [0.05, 0.1) is 7.11 Å². The van der Waals surface area contributed by atoms with Crippen LogP contribution in [0, 0.1) is 0 Å². The lowest BCUT2D eigenvalue weighted by molar-refractivity contribution is 0.101. The normalized spacial score (nSPS) is 10.1. The molecule has 2 N–H and O–H groups in total. The summed E-state index contributed by atoms with van der Waals surface area (Å²) in [5, 5.41) is 6.36. The summed E-state index contributed by atoms with van der Waals surface area (Å²) in [6.07, 6.45) is 0. The molecule has 1 aromatic carbocycles. The zero-order valence-electron chi connectivity index (χ0n) is 9.93. The molecule has 7 nitrogen and oxygen atoms in total. The molecular formula is C11H12N4O3. The van der Waals surface area contributed by atoms with Crippen LogP contribution in [0.15, 0.2) is 29.1 Å². The van der Waals surface area contributed by atoms with Crippen molar-refractivity contribution >= 4 is 11.6 Å². The molecule has 0 spiro atoms. The van der Waals surface area contributed by atoms with E-state index >= 15 is 0 Å². The molecular weight excluding hydrogens is 236 g/mol. The van der Waals surface area contributed by atoms with E-state index in [2.05, 4.69) is 15.4 Å². The first-order valence-corrected chi connectivity index (χ1v) is 5.19. The average Bonchev–Trinajstić information content (AvgIpc) is 2.70. The van der Waals surface area contributed by atoms with Crippen LogP contribution in [0.2, 0.25) is 0 Å². The number of H-pyrrole nitrogens is 1. The number of hydrogen-bond donors (Lipinski definition) is 2. The Kier molecular flexibility index (Phi) is 3.13. The molecule has 18 heavy (non-hydrogen) atoms. The molecule has 94 valence electrons. The number of rotatable bonds is 3. The molecule has 1 amide bonds. The molecule has 1 aromatic heterocycles. The summed E-state index contributed by atoms with van der Waals surface area (Å²) in [4.78, 5) is 25.3. The second-order valence-corrected chi connectivity index (χ2v) is 3.59. The predicted molar refractivity (Wildman–Crippen MR) is 64.8 cm³/mol. The fourth-order valence-electron chi connectivity index (χ4n) is 1.40. The van der Waals surface area contributed by atoms with Gasteiger partial charge in [0.25, 0.3) is 5.91 Å². The molecule has 0 bridgehead atoms. The van der Waals surface area contributed by atoms with Crippen molar-refractivity contribution in [3.63, 3.8) is 0 Å². The van der Waals surface area contributed by atoms with Crippen molar-refractivity contribution < 1.29 is 9.53 Å². The van der Waals surface area contributed by atoms with Gasteiger partial charge in [0.2, 0.25) is 5.82 Å². The molecule has 0 aliphatic carbocycles. The van der Waals surface area contributed by atoms with E-state index in [9.17, 15) is 9.59 Å². The number of amides is 1. The number of aromatic nitrogens is 3. The van der Waals surface area contributed by atoms with Gasteiger partial charge in [0.15, 0.2) is 0 Å². The summed E-state index contributed by atoms with van der Waals surface area (Å²) < 4.78 is 6.09. The lowest BCUT2D eigenvalue weighted by atomic mass is 10.3. The number of aryl methyl sites for hydroxylation is 1. The summed E-state index contributed by atoms with van der Waals surface area (Å²) in [6, 6.07) is 6.88. The molecule has 0 aliphatic rings. The van der Waals surface area contributed by atoms with E-state index < -0.39 is 11.6 Å². The standard InChI is InChI=1S/C11H12N4O3/c1-15-11(17)13-9(14-15)10(16)12-7-4-3-5-8(6-7)18-2/h3-6H,1-2H3,(H,12,16)(H,13,14,17). The van der Waals surface area contributed by atoms with Crippen LogP contribution < -0.4 is 15.7 Å². The Morgan fingerprint density at radius 1 is 1.50 bits per heavy atom. The smallest absolute Gasteiger partial charge is 0.343 e. The average molecular weight is 248 g/mol. The second-order valence-electron chi connectivity index (χ2n) is 3.59. The van der Waals surface area contributed by atoms with Crippen LogP contribution in [0.1, 0.15) is 10.6 Å². The molecule has 0 aliphatic heterocycles. The Bertz CT molecular complexity index is 629. The summed E-state index contributed by atoms with van der Waals surface area (Å²) >= 11 is 0. The number of nitrogens with zero attached hydrogens (tertiary/aromatic N) is 2. The summed E-state index contributed by atoms with van der Waals surface area (Å²) in [5.74, 6) is 0.105. The Morgan fingerprint density at radius 2 is 2.28 bits per heavy atom. The van der Waals surface area contributed by atoms with Gasteiger partial charge in [-0.05, 0) is 12.1 Å². The van der Waals surface area contributed by atoms with Crippen molar-refractivity contribution in [2.75, 3.05) is 12.4 Å². The third-order valence-electron chi connectivity index (χ3n) is 2.31. The van der Waals surface area contributed by atoms with Crippen LogP contribution in [0.5, 0.6) is 5.75 Å². The number of carbonyl (C=O) groups excluding carboxylic acids is 1. The zero-order valence-corrected chi connectivity index (χ0v) is 9.93. The van der Waals surface area contributed by atoms with Gasteiger partial charge in [-0.3, -0.25) is 9.78 Å². The quantitative estimate of drug-likeness (QED) is 0.821. The number of anilines is 1. The minimum Gasteiger partial charge on any atom is -0.497 e. The van der Waals surface area contributed by atoms with Crippen LogP contribution in [-0.4, -0.2) is 27.8 Å². The van der Waals surface area contributed by atoms with Crippen LogP contribution in [0.3, 0.4) is 0 Å². The molecule has 7 heteroatoms. The lowest BCUT2D eigenvalue weighted by Gasteiger charge is -2.04. The zero-order chi connectivity index (χ0) is 13.1. The van der Waals surface area contributed by atoms with Gasteiger partial charge in [0.1, 0.15) is 5.75 Å². The van der Waals surface area contributed by atoms with Gasteiger partial charge in [-0.15, -0.1) is 5.10 Å². The fourth-order valence-corrected chi connectivity index (χ4v) is 1.40. The maximum atomic E-state index is 11.8. The van der Waals surface area contributed by atoms with Crippen molar-refractivity contribution in [3.8, 4) is 5.75 Å². The minimum atomic E-state index is -0.485. The highest BCUT2D eigenvalue weighted by Crippen LogP contribution is 2.16. The Hall–Kier alpha value is -2.57. The first kappa shape index (κ1) is 11.9. The van der Waals surface area contributed by atoms with E-state index in [1.165, 1.54) is 14.2 Å². The van der Waals surface area contributed by atoms with Gasteiger partial charge >= 0.3 is 5.69 Å². The predicted octanol–water partition coefficient (Wildman–Crippen LogP) is 0.369. The van der Waals surface area contributed by atoms with Crippen molar-refractivity contribution in [3.05, 3.63) is 40.6 Å². The highest BCUT2D eigenvalue weighted by Gasteiger charge is 2.12. The molecule has 0 atom stereocenters. The molecule has 0 saturated carbocycles. The third kappa shape index (κ3) is 2.40. The van der Waals surface area contributed by atoms with Crippen molar-refractivity contribution in [1.82, 2.24) is 14.8 Å². The number of benzene rings is 1. The van der Waals surface area contributed by atoms with Gasteiger partial charge < -0.3 is 10.1 Å². The third-order valence-corrected chi connectivity index (χ3v) is 2.31. The minimum absolute atomic E-state index is 0.0367. The van der Waals surface area contributed by atoms with E-state index in [0.717, 1.165) is 4.68 Å². The van der Waals surface area contributed by atoms with E-state index in [1.807, 2.05) is 0 Å². The highest BCUT2D eigenvalue weighted by atomic mass is 16.5. The fraction of sp³-hybridized carbons (Fsp3) is 0.182. The lowest BCUT2D eigenvalue weighted by Crippen LogP contribution is -2.15. The molecule has 0 unspecified atom stereocenters. The first-order chi connectivity index (χ1) is 8.60. The van der Waals surface area contributed by atoms with Gasteiger partial charge in [0, 0.05) is 18.8 Å². The van der Waals surface area contributed by atoms with E-state index in [4.69, 9.17) is 4.74 Å². The Balaban J connectivity index is 2.18. The molecule has 0 fully saturated rings. The summed E-state index contributed by atoms with van der Waals surface area (Å²) in [7, 11) is 3.00. The largest absolute Gasteiger partial charge is 0.497 e. The molecule has 2 rings (SSSR count). The molecule has 0 saturated heterocycles. The van der Waals surface area contributed by atoms with Crippen LogP contribution in [0.25, 0.3) is 0 Å². The van der Waals surface area contributed by atoms with E-state index in [0.29, 0.717) is 11.4 Å². The number of ether oxygens (including phenoxy) is 1. The van der Waals surface area contributed by atoms with Crippen LogP contribution >= 0.6 is 0 Å². The maximum Gasteiger partial charge on any atom is 0.343 e. The van der Waals surface area contributed by atoms with Crippen LogP contribution in [0.4, 0.5) is 5.69 Å². The summed E-state index contributed by atoms with van der Waals surface area (Å²) in [5.41, 5.74) is 0.122. The Labute approximate surface area is 102 Å². The van der Waals surface area contributed by atoms with Crippen LogP contribution in [-0.2, 0) is 7.05 Å². The van der Waals surface area contributed by atoms with Gasteiger partial charge in [-0.1, -0.05) is 6.07 Å². The maximum absolute atomic E-state index is 11.8. The van der Waals surface area contributed by atoms with Crippen molar-refractivity contribution in [2.24, 2.45) is 7.05 Å². The van der Waals surface area contributed by atoms with E-state index in [-0.39, 0.29) is 5.82 Å². The monoisotopic (exact) mass is 248 g/mol. The summed E-state index contributed by atoms with van der Waals surface area (Å²) in [6.45, 7) is 0. The Morgan fingerprint density at radius 3 is 2.89 bits per heavy atom. The van der Waals surface area contributed by atoms with Gasteiger partial charge in [-0.2, -0.15) is 0 Å². The van der Waals surface area contributed by atoms with Crippen molar-refractivity contribution in [2.45, 2.75) is 0 Å². The topological polar surface area (TPSA) is 89.0 Å². The van der Waals surface area contributed by atoms with Crippen molar-refractivity contribution in [1.29, 1.82) is 0 Å². The number of nitrogens with one attached hydrogen (secondary N) is 2. The van der Waals surface area contributed by atoms with Gasteiger partial charge in [-0.25, -0.2) is 9.48 Å². The number of carbonyl (C=O) groups is 1. The number of methoxy groups -OCH3 is 1. The molecule has 0 radical (unpaired) electrons. The van der Waals surface area contributed by atoms with E-state index in [1.54, 1.807) is 24.3 Å². The molecule has 2 aromatic rings. The number of hydrogen-bond acceptors (Lipinski definition) is 4. The second kappa shape index (κ2) is 4.74. The number of aromatic amines is 1. The first-order valence-electron chi connectivity index (χ1n) is 5.19. The SMILES string of the molecule is COc1cccc(NC(=O)c2nn(C)c(=O)[nH]2)c1.